The van der Waals surface area contributed by atoms with Gasteiger partial charge in [-0.2, -0.15) is 0 Å². The van der Waals surface area contributed by atoms with Gasteiger partial charge < -0.3 is 4.98 Å². The van der Waals surface area contributed by atoms with Crippen molar-refractivity contribution in [3.05, 3.63) is 37.1 Å². The first kappa shape index (κ1) is 11.7. The highest BCUT2D eigenvalue weighted by Crippen LogP contribution is 2.27. The smallest absolute Gasteiger partial charge is 0.285 e. The third-order valence-electron chi connectivity index (χ3n) is 1.97. The average molecular weight is 354 g/mol. The van der Waals surface area contributed by atoms with E-state index in [4.69, 9.17) is 0 Å². The SMILES string of the molecule is O=c1[nH]c2cc(Br)c(Br)cc2nc1C(F)F. The van der Waals surface area contributed by atoms with Crippen molar-refractivity contribution in [3.63, 3.8) is 0 Å². The van der Waals surface area contributed by atoms with Gasteiger partial charge in [-0.15, -0.1) is 0 Å². The Morgan fingerprint density at radius 3 is 2.50 bits per heavy atom. The van der Waals surface area contributed by atoms with Gasteiger partial charge in [0.1, 0.15) is 0 Å². The number of H-pyrrole nitrogens is 1. The van der Waals surface area contributed by atoms with Crippen LogP contribution in [0.15, 0.2) is 25.9 Å². The number of benzene rings is 1. The molecule has 1 N–H and O–H groups in total. The van der Waals surface area contributed by atoms with Gasteiger partial charge in [0, 0.05) is 8.95 Å². The van der Waals surface area contributed by atoms with Crippen LogP contribution in [0.4, 0.5) is 8.78 Å². The molecule has 1 heterocycles. The molecule has 0 amide bonds. The number of fused-ring (bicyclic) bond motifs is 1. The summed E-state index contributed by atoms with van der Waals surface area (Å²) in [5.41, 5.74) is -0.909. The van der Waals surface area contributed by atoms with Crippen LogP contribution in [0.1, 0.15) is 12.1 Å². The maximum Gasteiger partial charge on any atom is 0.285 e. The Morgan fingerprint density at radius 2 is 1.88 bits per heavy atom. The van der Waals surface area contributed by atoms with Crippen LogP contribution < -0.4 is 5.56 Å². The van der Waals surface area contributed by atoms with Gasteiger partial charge in [0.25, 0.3) is 12.0 Å². The second-order valence-electron chi connectivity index (χ2n) is 3.04. The fourth-order valence-corrected chi connectivity index (χ4v) is 1.92. The number of aromatic nitrogens is 2. The van der Waals surface area contributed by atoms with Gasteiger partial charge in [-0.1, -0.05) is 0 Å². The van der Waals surface area contributed by atoms with Crippen LogP contribution in [0, 0.1) is 0 Å². The standard InChI is InChI=1S/C9H4Br2F2N2O/c10-3-1-5-6(2-4(3)11)15-9(16)7(14-5)8(12)13/h1-2,8H,(H,15,16). The van der Waals surface area contributed by atoms with Crippen molar-refractivity contribution in [1.82, 2.24) is 9.97 Å². The van der Waals surface area contributed by atoms with Crippen LogP contribution in [0.5, 0.6) is 0 Å². The van der Waals surface area contributed by atoms with E-state index in [9.17, 15) is 13.6 Å². The highest BCUT2D eigenvalue weighted by molar-refractivity contribution is 9.13. The highest BCUT2D eigenvalue weighted by Gasteiger charge is 2.15. The Labute approximate surface area is 105 Å². The molecule has 0 aliphatic heterocycles. The summed E-state index contributed by atoms with van der Waals surface area (Å²) in [4.78, 5) is 17.2. The van der Waals surface area contributed by atoms with Crippen LogP contribution in [0.2, 0.25) is 0 Å². The summed E-state index contributed by atoms with van der Waals surface area (Å²) >= 11 is 6.47. The van der Waals surface area contributed by atoms with Gasteiger partial charge in [-0.3, -0.25) is 4.79 Å². The lowest BCUT2D eigenvalue weighted by Crippen LogP contribution is -2.15. The van der Waals surface area contributed by atoms with E-state index in [1.807, 2.05) is 0 Å². The molecule has 0 spiro atoms. The molecule has 0 saturated heterocycles. The molecule has 0 fully saturated rings. The fourth-order valence-electron chi connectivity index (χ4n) is 1.24. The van der Waals surface area contributed by atoms with Crippen molar-refractivity contribution in [3.8, 4) is 0 Å². The number of nitrogens with zero attached hydrogens (tertiary/aromatic N) is 1. The minimum atomic E-state index is -2.88. The summed E-state index contributed by atoms with van der Waals surface area (Å²) in [5, 5.41) is 0. The Balaban J connectivity index is 2.80. The first-order valence-corrected chi connectivity index (χ1v) is 5.75. The molecule has 16 heavy (non-hydrogen) atoms. The molecule has 3 nitrogen and oxygen atoms in total. The Morgan fingerprint density at radius 1 is 1.25 bits per heavy atom. The zero-order valence-corrected chi connectivity index (χ0v) is 10.8. The predicted molar refractivity (Wildman–Crippen MR) is 62.7 cm³/mol. The monoisotopic (exact) mass is 352 g/mol. The van der Waals surface area contributed by atoms with Crippen molar-refractivity contribution in [2.45, 2.75) is 6.43 Å². The molecule has 0 aliphatic carbocycles. The number of hydrogen-bond donors (Lipinski definition) is 1. The van der Waals surface area contributed by atoms with Crippen molar-refractivity contribution < 1.29 is 8.78 Å². The minimum absolute atomic E-state index is 0.310. The van der Waals surface area contributed by atoms with Gasteiger partial charge in [0.2, 0.25) is 0 Å². The highest BCUT2D eigenvalue weighted by atomic mass is 79.9. The predicted octanol–water partition coefficient (Wildman–Crippen LogP) is 3.39. The lowest BCUT2D eigenvalue weighted by atomic mass is 10.3. The zero-order valence-electron chi connectivity index (χ0n) is 7.60. The minimum Gasteiger partial charge on any atom is -0.319 e. The van der Waals surface area contributed by atoms with E-state index in [2.05, 4.69) is 41.8 Å². The van der Waals surface area contributed by atoms with Crippen LogP contribution in [-0.2, 0) is 0 Å². The molecule has 7 heteroatoms. The summed E-state index contributed by atoms with van der Waals surface area (Å²) in [5.74, 6) is 0. The topological polar surface area (TPSA) is 45.8 Å². The van der Waals surface area contributed by atoms with Gasteiger partial charge >= 0.3 is 0 Å². The van der Waals surface area contributed by atoms with Gasteiger partial charge in [-0.25, -0.2) is 13.8 Å². The van der Waals surface area contributed by atoms with Crippen molar-refractivity contribution in [1.29, 1.82) is 0 Å². The van der Waals surface area contributed by atoms with E-state index >= 15 is 0 Å². The number of nitrogens with one attached hydrogen (secondary N) is 1. The van der Waals surface area contributed by atoms with E-state index in [1.54, 1.807) is 12.1 Å². The molecule has 1 aromatic carbocycles. The van der Waals surface area contributed by atoms with Gasteiger partial charge in [0.05, 0.1) is 11.0 Å². The largest absolute Gasteiger partial charge is 0.319 e. The molecule has 84 valence electrons. The maximum absolute atomic E-state index is 12.4. The molecule has 2 rings (SSSR count). The molecule has 0 bridgehead atoms. The second kappa shape index (κ2) is 4.21. The third-order valence-corrected chi connectivity index (χ3v) is 3.81. The summed E-state index contributed by atoms with van der Waals surface area (Å²) in [6.07, 6.45) is -2.88. The average Bonchev–Trinajstić information content (AvgIpc) is 2.19. The van der Waals surface area contributed by atoms with Crippen LogP contribution >= 0.6 is 31.9 Å². The van der Waals surface area contributed by atoms with E-state index in [-0.39, 0.29) is 0 Å². The number of hydrogen-bond acceptors (Lipinski definition) is 2. The maximum atomic E-state index is 12.4. The molecule has 0 unspecified atom stereocenters. The fraction of sp³-hybridized carbons (Fsp3) is 0.111. The van der Waals surface area contributed by atoms with Crippen molar-refractivity contribution in [2.75, 3.05) is 0 Å². The van der Waals surface area contributed by atoms with E-state index in [0.29, 0.717) is 20.0 Å². The normalized spacial score (nSPS) is 11.3. The number of rotatable bonds is 1. The number of aromatic amines is 1. The van der Waals surface area contributed by atoms with Gasteiger partial charge in [0.15, 0.2) is 5.69 Å². The quantitative estimate of drug-likeness (QED) is 0.854. The number of halogens is 4. The van der Waals surface area contributed by atoms with E-state index in [0.717, 1.165) is 0 Å². The molecular weight excluding hydrogens is 350 g/mol. The van der Waals surface area contributed by atoms with Crippen LogP contribution in [0.3, 0.4) is 0 Å². The van der Waals surface area contributed by atoms with E-state index in [1.165, 1.54) is 0 Å². The summed E-state index contributed by atoms with van der Waals surface area (Å²) in [6, 6.07) is 3.16. The van der Waals surface area contributed by atoms with Crippen LogP contribution in [0.25, 0.3) is 11.0 Å². The molecule has 0 radical (unpaired) electrons. The molecule has 1 aromatic heterocycles. The van der Waals surface area contributed by atoms with Crippen molar-refractivity contribution >= 4 is 42.9 Å². The Hall–Kier alpha value is -0.820. The zero-order chi connectivity index (χ0) is 11.9. The molecular formula is C9H4Br2F2N2O. The van der Waals surface area contributed by atoms with E-state index < -0.39 is 17.7 Å². The molecule has 0 aliphatic rings. The lowest BCUT2D eigenvalue weighted by molar-refractivity contribution is 0.144. The first-order valence-electron chi connectivity index (χ1n) is 4.16. The van der Waals surface area contributed by atoms with Crippen LogP contribution in [-0.4, -0.2) is 9.97 Å². The lowest BCUT2D eigenvalue weighted by Gasteiger charge is -2.03. The molecule has 0 saturated carbocycles. The Kier molecular flexibility index (Phi) is 3.07. The summed E-state index contributed by atoms with van der Waals surface area (Å²) in [7, 11) is 0. The molecule has 0 atom stereocenters. The Bertz CT molecular complexity index is 612. The van der Waals surface area contributed by atoms with Crippen molar-refractivity contribution in [2.24, 2.45) is 0 Å². The summed E-state index contributed by atoms with van der Waals surface area (Å²) < 4.78 is 26.3. The second-order valence-corrected chi connectivity index (χ2v) is 4.74. The summed E-state index contributed by atoms with van der Waals surface area (Å²) in [6.45, 7) is 0. The first-order chi connectivity index (χ1) is 7.49. The van der Waals surface area contributed by atoms with Gasteiger partial charge in [-0.05, 0) is 44.0 Å². The number of alkyl halides is 2. The third kappa shape index (κ3) is 2.01. The molecule has 2 aromatic rings.